The molecule has 8 nitrogen and oxygen atoms in total. The van der Waals surface area contributed by atoms with Gasteiger partial charge in [-0.1, -0.05) is 24.3 Å². The van der Waals surface area contributed by atoms with E-state index >= 15 is 0 Å². The number of phenols is 5. The molecule has 0 radical (unpaired) electrons. The standard InChI is InChI=1S/C30H26O8/c1-36-25-8-6-17(4-3-16-9-20(31)14-21(32)10-16)27-28(19-11-22(33)15-23(34)12-19)29(38-30(25)27)18-5-7-24(35)26(13-18)37-2/h3-15,28-29,31-35H,1-2H3/b4-3+/t28-,29+/m0/s1. The van der Waals surface area contributed by atoms with Crippen molar-refractivity contribution in [2.75, 3.05) is 14.2 Å². The molecule has 0 spiro atoms. The number of hydrogen-bond acceptors (Lipinski definition) is 8. The minimum absolute atomic E-state index is 0.0196. The monoisotopic (exact) mass is 514 g/mol. The topological polar surface area (TPSA) is 129 Å². The van der Waals surface area contributed by atoms with Crippen LogP contribution in [0.3, 0.4) is 0 Å². The Kier molecular flexibility index (Phi) is 6.38. The summed E-state index contributed by atoms with van der Waals surface area (Å²) in [6.07, 6.45) is 2.94. The van der Waals surface area contributed by atoms with Crippen molar-refractivity contribution in [1.82, 2.24) is 0 Å². The molecule has 194 valence electrons. The van der Waals surface area contributed by atoms with E-state index in [4.69, 9.17) is 14.2 Å². The van der Waals surface area contributed by atoms with E-state index < -0.39 is 12.0 Å². The molecule has 1 aliphatic rings. The maximum Gasteiger partial charge on any atom is 0.166 e. The van der Waals surface area contributed by atoms with E-state index in [-0.39, 0.29) is 34.5 Å². The van der Waals surface area contributed by atoms with Crippen LogP contribution in [0, 0.1) is 0 Å². The van der Waals surface area contributed by atoms with Crippen molar-refractivity contribution in [3.05, 3.63) is 94.5 Å². The zero-order chi connectivity index (χ0) is 27.0. The highest BCUT2D eigenvalue weighted by Gasteiger charge is 2.41. The summed E-state index contributed by atoms with van der Waals surface area (Å²) in [5.74, 6) is 0.378. The van der Waals surface area contributed by atoms with Gasteiger partial charge in [0.2, 0.25) is 0 Å². The molecule has 0 unspecified atom stereocenters. The van der Waals surface area contributed by atoms with Gasteiger partial charge in [0.25, 0.3) is 0 Å². The lowest BCUT2D eigenvalue weighted by Crippen LogP contribution is -2.12. The maximum atomic E-state index is 10.3. The summed E-state index contributed by atoms with van der Waals surface area (Å²) in [7, 11) is 3.00. The summed E-state index contributed by atoms with van der Waals surface area (Å²) >= 11 is 0. The van der Waals surface area contributed by atoms with E-state index in [1.54, 1.807) is 36.4 Å². The minimum atomic E-state index is -0.631. The summed E-state index contributed by atoms with van der Waals surface area (Å²) in [5, 5.41) is 50.5. The third-order valence-corrected chi connectivity index (χ3v) is 6.47. The van der Waals surface area contributed by atoms with Crippen LogP contribution in [0.4, 0.5) is 0 Å². The van der Waals surface area contributed by atoms with Gasteiger partial charge >= 0.3 is 0 Å². The first-order valence-electron chi connectivity index (χ1n) is 11.8. The lowest BCUT2D eigenvalue weighted by molar-refractivity contribution is 0.213. The van der Waals surface area contributed by atoms with Gasteiger partial charge < -0.3 is 39.7 Å². The molecule has 0 aromatic heterocycles. The van der Waals surface area contributed by atoms with Crippen molar-refractivity contribution in [2.45, 2.75) is 12.0 Å². The quantitative estimate of drug-likeness (QED) is 0.208. The van der Waals surface area contributed by atoms with Crippen LogP contribution in [0.1, 0.15) is 39.8 Å². The average molecular weight is 515 g/mol. The summed E-state index contributed by atoms with van der Waals surface area (Å²) in [5.41, 5.74) is 3.36. The Morgan fingerprint density at radius 2 is 1.29 bits per heavy atom. The fourth-order valence-corrected chi connectivity index (χ4v) is 4.86. The molecule has 0 bridgehead atoms. The van der Waals surface area contributed by atoms with Gasteiger partial charge in [-0.3, -0.25) is 0 Å². The van der Waals surface area contributed by atoms with Crippen LogP contribution in [0.25, 0.3) is 12.2 Å². The molecule has 0 aliphatic carbocycles. The Hall–Kier alpha value is -4.98. The van der Waals surface area contributed by atoms with Gasteiger partial charge in [-0.2, -0.15) is 0 Å². The lowest BCUT2D eigenvalue weighted by Gasteiger charge is -2.22. The smallest absolute Gasteiger partial charge is 0.166 e. The predicted molar refractivity (Wildman–Crippen MR) is 141 cm³/mol. The molecule has 1 aliphatic heterocycles. The Morgan fingerprint density at radius 1 is 0.658 bits per heavy atom. The van der Waals surface area contributed by atoms with Gasteiger partial charge in [-0.05, 0) is 64.7 Å². The van der Waals surface area contributed by atoms with Gasteiger partial charge in [-0.25, -0.2) is 0 Å². The van der Waals surface area contributed by atoms with E-state index in [1.807, 2.05) is 12.1 Å². The van der Waals surface area contributed by atoms with Crippen molar-refractivity contribution in [1.29, 1.82) is 0 Å². The van der Waals surface area contributed by atoms with Crippen LogP contribution in [0.5, 0.6) is 46.0 Å². The second kappa shape index (κ2) is 9.82. The number of benzene rings is 4. The third kappa shape index (κ3) is 4.59. The van der Waals surface area contributed by atoms with Crippen molar-refractivity contribution in [2.24, 2.45) is 0 Å². The number of rotatable bonds is 6. The van der Waals surface area contributed by atoms with E-state index in [2.05, 4.69) is 0 Å². The fourth-order valence-electron chi connectivity index (χ4n) is 4.86. The Morgan fingerprint density at radius 3 is 1.92 bits per heavy atom. The average Bonchev–Trinajstić information content (AvgIpc) is 3.27. The maximum absolute atomic E-state index is 10.3. The highest BCUT2D eigenvalue weighted by molar-refractivity contribution is 5.76. The van der Waals surface area contributed by atoms with Gasteiger partial charge in [0, 0.05) is 17.7 Å². The van der Waals surface area contributed by atoms with Crippen LogP contribution in [0.15, 0.2) is 66.7 Å². The predicted octanol–water partition coefficient (Wildman–Crippen LogP) is 5.67. The second-order valence-electron chi connectivity index (χ2n) is 8.95. The van der Waals surface area contributed by atoms with Crippen molar-refractivity contribution < 1.29 is 39.7 Å². The molecule has 0 fully saturated rings. The number of phenolic OH excluding ortho intramolecular Hbond substituents is 5. The van der Waals surface area contributed by atoms with E-state index in [0.717, 1.165) is 11.1 Å². The molecule has 8 heteroatoms. The molecule has 0 amide bonds. The number of fused-ring (bicyclic) bond motifs is 1. The second-order valence-corrected chi connectivity index (χ2v) is 8.95. The van der Waals surface area contributed by atoms with E-state index in [1.165, 1.54) is 44.6 Å². The summed E-state index contributed by atoms with van der Waals surface area (Å²) in [6.45, 7) is 0. The zero-order valence-electron chi connectivity index (χ0n) is 20.6. The molecule has 1 heterocycles. The lowest BCUT2D eigenvalue weighted by atomic mass is 9.82. The number of aromatic hydroxyl groups is 5. The first-order valence-corrected chi connectivity index (χ1v) is 11.8. The molecule has 4 aromatic carbocycles. The molecule has 4 aromatic rings. The minimum Gasteiger partial charge on any atom is -0.508 e. The molecule has 0 saturated heterocycles. The van der Waals surface area contributed by atoms with Crippen LogP contribution in [0.2, 0.25) is 0 Å². The molecule has 2 atom stereocenters. The zero-order valence-corrected chi connectivity index (χ0v) is 20.6. The Labute approximate surface area is 218 Å². The number of hydrogen-bond donors (Lipinski definition) is 5. The molecule has 5 N–H and O–H groups in total. The summed E-state index contributed by atoms with van der Waals surface area (Å²) in [4.78, 5) is 0. The summed E-state index contributed by atoms with van der Waals surface area (Å²) in [6, 6.07) is 17.2. The third-order valence-electron chi connectivity index (χ3n) is 6.47. The Balaban J connectivity index is 1.71. The van der Waals surface area contributed by atoms with Crippen LogP contribution < -0.4 is 14.2 Å². The normalized spacial score (nSPS) is 16.3. The molecule has 5 rings (SSSR count). The number of ether oxygens (including phenoxy) is 3. The van der Waals surface area contributed by atoms with Crippen LogP contribution >= 0.6 is 0 Å². The highest BCUT2D eigenvalue weighted by Crippen LogP contribution is 2.55. The van der Waals surface area contributed by atoms with E-state index in [0.29, 0.717) is 28.2 Å². The van der Waals surface area contributed by atoms with Crippen molar-refractivity contribution in [3.8, 4) is 46.0 Å². The van der Waals surface area contributed by atoms with E-state index in [9.17, 15) is 25.5 Å². The molecule has 38 heavy (non-hydrogen) atoms. The van der Waals surface area contributed by atoms with Gasteiger partial charge in [0.15, 0.2) is 23.0 Å². The Bertz CT molecular complexity index is 1500. The first kappa shape index (κ1) is 24.7. The molecule has 0 saturated carbocycles. The fraction of sp³-hybridized carbons (Fsp3) is 0.133. The summed E-state index contributed by atoms with van der Waals surface area (Å²) < 4.78 is 17.4. The SMILES string of the molecule is COc1cc([C@H]2Oc3c(OC)ccc(/C=C/c4cc(O)cc(O)c4)c3[C@@H]2c2cc(O)cc(O)c2)ccc1O. The van der Waals surface area contributed by atoms with Gasteiger partial charge in [0.05, 0.1) is 20.1 Å². The van der Waals surface area contributed by atoms with Crippen molar-refractivity contribution in [3.63, 3.8) is 0 Å². The first-order chi connectivity index (χ1) is 18.3. The molecular weight excluding hydrogens is 488 g/mol. The van der Waals surface area contributed by atoms with Gasteiger partial charge in [-0.15, -0.1) is 0 Å². The number of methoxy groups -OCH3 is 2. The van der Waals surface area contributed by atoms with Crippen molar-refractivity contribution >= 4 is 12.2 Å². The largest absolute Gasteiger partial charge is 0.508 e. The molecular formula is C30H26O8. The van der Waals surface area contributed by atoms with Crippen LogP contribution in [-0.4, -0.2) is 39.8 Å². The van der Waals surface area contributed by atoms with Gasteiger partial charge in [0.1, 0.15) is 29.1 Å². The highest BCUT2D eigenvalue weighted by atomic mass is 16.5. The van der Waals surface area contributed by atoms with Crippen LogP contribution in [-0.2, 0) is 0 Å².